The molecule has 1 N–H and O–H groups in total. The van der Waals surface area contributed by atoms with Gasteiger partial charge in [-0.15, -0.1) is 0 Å². The van der Waals surface area contributed by atoms with Gasteiger partial charge in [-0.3, -0.25) is 9.59 Å². The Bertz CT molecular complexity index is 1350. The molecule has 0 radical (unpaired) electrons. The average Bonchev–Trinajstić information content (AvgIpc) is 2.88. The van der Waals surface area contributed by atoms with Crippen LogP contribution in [0.2, 0.25) is 0 Å². The van der Waals surface area contributed by atoms with Gasteiger partial charge < -0.3 is 15.0 Å². The van der Waals surface area contributed by atoms with Crippen molar-refractivity contribution in [3.05, 3.63) is 112 Å². The van der Waals surface area contributed by atoms with Crippen molar-refractivity contribution in [1.29, 1.82) is 0 Å². The Labute approximate surface area is 213 Å². The zero-order chi connectivity index (χ0) is 26.5. The van der Waals surface area contributed by atoms with E-state index in [1.54, 1.807) is 50.2 Å². The van der Waals surface area contributed by atoms with Crippen molar-refractivity contribution in [3.8, 4) is 0 Å². The number of rotatable bonds is 7. The molecule has 2 amide bonds. The molecule has 0 saturated carbocycles. The predicted molar refractivity (Wildman–Crippen MR) is 134 cm³/mol. The quantitative estimate of drug-likeness (QED) is 0.427. The number of esters is 1. The summed E-state index contributed by atoms with van der Waals surface area (Å²) >= 11 is 0. The summed E-state index contributed by atoms with van der Waals surface area (Å²) in [4.78, 5) is 40.4. The second kappa shape index (κ2) is 11.2. The van der Waals surface area contributed by atoms with Gasteiger partial charge in [0.15, 0.2) is 0 Å². The lowest BCUT2D eigenvalue weighted by Gasteiger charge is -2.34. The number of carbonyl (C=O) groups excluding carboxylic acids is 3. The van der Waals surface area contributed by atoms with Crippen molar-refractivity contribution in [2.45, 2.75) is 32.7 Å². The van der Waals surface area contributed by atoms with Crippen LogP contribution in [0.1, 0.15) is 47.7 Å². The summed E-state index contributed by atoms with van der Waals surface area (Å²) in [6.07, 6.45) is 0.0157. The smallest absolute Gasteiger partial charge is 0.336 e. The van der Waals surface area contributed by atoms with E-state index in [1.165, 1.54) is 41.3 Å². The molecule has 0 bridgehead atoms. The van der Waals surface area contributed by atoms with Gasteiger partial charge >= 0.3 is 5.97 Å². The van der Waals surface area contributed by atoms with E-state index in [9.17, 15) is 23.2 Å². The SMILES string of the molecule is CCOC(=O)C1=C(C)N(Cc2cccc(C(=O)Nc3ccc(F)cc3)c2)C(=O)C[C@H]1c1ccc(F)cc1. The summed E-state index contributed by atoms with van der Waals surface area (Å²) in [5.74, 6) is -2.49. The number of nitrogens with zero attached hydrogens (tertiary/aromatic N) is 1. The average molecular weight is 505 g/mol. The van der Waals surface area contributed by atoms with Gasteiger partial charge in [-0.2, -0.15) is 0 Å². The molecule has 37 heavy (non-hydrogen) atoms. The predicted octanol–water partition coefficient (Wildman–Crippen LogP) is 5.57. The number of hydrogen-bond acceptors (Lipinski definition) is 4. The maximum absolute atomic E-state index is 13.5. The topological polar surface area (TPSA) is 75.7 Å². The van der Waals surface area contributed by atoms with E-state index in [4.69, 9.17) is 4.74 Å². The number of nitrogens with one attached hydrogen (secondary N) is 1. The van der Waals surface area contributed by atoms with E-state index in [0.717, 1.165) is 0 Å². The third kappa shape index (κ3) is 5.91. The highest BCUT2D eigenvalue weighted by atomic mass is 19.1. The van der Waals surface area contributed by atoms with Gasteiger partial charge in [0.2, 0.25) is 5.91 Å². The van der Waals surface area contributed by atoms with Crippen molar-refractivity contribution < 1.29 is 27.9 Å². The minimum atomic E-state index is -0.559. The molecule has 3 aromatic carbocycles. The van der Waals surface area contributed by atoms with Crippen LogP contribution in [0.15, 0.2) is 84.1 Å². The maximum Gasteiger partial charge on any atom is 0.336 e. The largest absolute Gasteiger partial charge is 0.463 e. The zero-order valence-corrected chi connectivity index (χ0v) is 20.5. The van der Waals surface area contributed by atoms with Crippen LogP contribution < -0.4 is 5.32 Å². The fraction of sp³-hybridized carbons (Fsp3) is 0.207. The molecular weight excluding hydrogens is 478 g/mol. The second-order valence-electron chi connectivity index (χ2n) is 8.67. The van der Waals surface area contributed by atoms with Gasteiger partial charge in [0, 0.05) is 29.3 Å². The number of allylic oxidation sites excluding steroid dienone is 1. The van der Waals surface area contributed by atoms with Crippen LogP contribution in [-0.2, 0) is 20.9 Å². The first-order valence-electron chi connectivity index (χ1n) is 11.9. The molecule has 1 atom stereocenters. The first-order valence-corrected chi connectivity index (χ1v) is 11.9. The third-order valence-corrected chi connectivity index (χ3v) is 6.22. The molecule has 3 aromatic rings. The fourth-order valence-electron chi connectivity index (χ4n) is 4.39. The summed E-state index contributed by atoms with van der Waals surface area (Å²) < 4.78 is 31.9. The summed E-state index contributed by atoms with van der Waals surface area (Å²) in [6.45, 7) is 3.70. The van der Waals surface area contributed by atoms with Crippen LogP contribution in [-0.4, -0.2) is 29.3 Å². The van der Waals surface area contributed by atoms with Gasteiger partial charge in [-0.25, -0.2) is 13.6 Å². The number of benzene rings is 3. The highest BCUT2D eigenvalue weighted by molar-refractivity contribution is 6.04. The molecule has 190 valence electrons. The molecule has 6 nitrogen and oxygen atoms in total. The first-order chi connectivity index (χ1) is 17.8. The Morgan fingerprint density at radius 1 is 1.00 bits per heavy atom. The summed E-state index contributed by atoms with van der Waals surface area (Å²) in [5, 5.41) is 2.71. The van der Waals surface area contributed by atoms with Crippen LogP contribution in [0.25, 0.3) is 0 Å². The molecule has 0 fully saturated rings. The van der Waals surface area contributed by atoms with E-state index < -0.39 is 23.5 Å². The molecule has 8 heteroatoms. The van der Waals surface area contributed by atoms with Gasteiger partial charge in [0.25, 0.3) is 5.91 Å². The van der Waals surface area contributed by atoms with Gasteiger partial charge in [0.05, 0.1) is 18.7 Å². The molecule has 0 saturated heterocycles. The highest BCUT2D eigenvalue weighted by Crippen LogP contribution is 2.37. The maximum atomic E-state index is 13.5. The highest BCUT2D eigenvalue weighted by Gasteiger charge is 2.37. The van der Waals surface area contributed by atoms with Crippen molar-refractivity contribution in [2.75, 3.05) is 11.9 Å². The minimum Gasteiger partial charge on any atom is -0.463 e. The van der Waals surface area contributed by atoms with Crippen molar-refractivity contribution in [3.63, 3.8) is 0 Å². The monoisotopic (exact) mass is 504 g/mol. The fourth-order valence-corrected chi connectivity index (χ4v) is 4.39. The Morgan fingerprint density at radius 3 is 2.30 bits per heavy atom. The molecule has 0 unspecified atom stereocenters. The Kier molecular flexibility index (Phi) is 7.77. The third-order valence-electron chi connectivity index (χ3n) is 6.22. The molecule has 0 aliphatic carbocycles. The Morgan fingerprint density at radius 2 is 1.65 bits per heavy atom. The van der Waals surface area contributed by atoms with Crippen LogP contribution in [0, 0.1) is 11.6 Å². The van der Waals surface area contributed by atoms with E-state index in [2.05, 4.69) is 5.32 Å². The summed E-state index contributed by atoms with van der Waals surface area (Å²) in [6, 6.07) is 18.0. The van der Waals surface area contributed by atoms with E-state index in [1.807, 2.05) is 0 Å². The number of carbonyl (C=O) groups is 3. The minimum absolute atomic E-state index is 0.0157. The number of hydrogen-bond donors (Lipinski definition) is 1. The first kappa shape index (κ1) is 25.8. The molecule has 4 rings (SSSR count). The number of ether oxygens (including phenoxy) is 1. The lowest BCUT2D eigenvalue weighted by Crippen LogP contribution is -2.38. The molecular formula is C29H26F2N2O4. The summed E-state index contributed by atoms with van der Waals surface area (Å²) in [5.41, 5.74) is 2.94. The van der Waals surface area contributed by atoms with Crippen molar-refractivity contribution in [1.82, 2.24) is 4.90 Å². The number of amides is 2. The van der Waals surface area contributed by atoms with Crippen LogP contribution in [0.3, 0.4) is 0 Å². The molecule has 0 spiro atoms. The Balaban J connectivity index is 1.61. The number of anilines is 1. The van der Waals surface area contributed by atoms with E-state index in [0.29, 0.717) is 33.6 Å². The lowest BCUT2D eigenvalue weighted by molar-refractivity contribution is -0.140. The van der Waals surface area contributed by atoms with Gasteiger partial charge in [-0.05, 0) is 73.5 Å². The molecule has 1 aliphatic heterocycles. The van der Waals surface area contributed by atoms with Crippen LogP contribution in [0.5, 0.6) is 0 Å². The van der Waals surface area contributed by atoms with Gasteiger partial charge in [-0.1, -0.05) is 24.3 Å². The Hall–Kier alpha value is -4.33. The molecule has 0 aromatic heterocycles. The van der Waals surface area contributed by atoms with Crippen LogP contribution >= 0.6 is 0 Å². The zero-order valence-electron chi connectivity index (χ0n) is 20.5. The second-order valence-corrected chi connectivity index (χ2v) is 8.67. The van der Waals surface area contributed by atoms with Crippen molar-refractivity contribution >= 4 is 23.5 Å². The molecule has 1 heterocycles. The number of halogens is 2. The van der Waals surface area contributed by atoms with E-state index >= 15 is 0 Å². The normalized spacial score (nSPS) is 15.5. The molecule has 1 aliphatic rings. The standard InChI is InChI=1S/C29H26F2N2O4/c1-3-37-29(36)27-18(2)33(26(34)16-25(27)20-7-9-22(30)10-8-20)17-19-5-4-6-21(15-19)28(35)32-24-13-11-23(31)12-14-24/h4-15,25H,3,16-17H2,1-2H3,(H,32,35)/t25-/m0/s1. The van der Waals surface area contributed by atoms with Gasteiger partial charge in [0.1, 0.15) is 11.6 Å². The van der Waals surface area contributed by atoms with Crippen LogP contribution in [0.4, 0.5) is 14.5 Å². The van der Waals surface area contributed by atoms with Crippen molar-refractivity contribution in [2.24, 2.45) is 0 Å². The lowest BCUT2D eigenvalue weighted by atomic mass is 9.83. The summed E-state index contributed by atoms with van der Waals surface area (Å²) in [7, 11) is 0. The van der Waals surface area contributed by atoms with E-state index in [-0.39, 0.29) is 31.4 Å².